The maximum Gasteiger partial charge on any atom is 0.307 e. The van der Waals surface area contributed by atoms with E-state index in [0.717, 1.165) is 18.0 Å². The van der Waals surface area contributed by atoms with E-state index >= 15 is 0 Å². The van der Waals surface area contributed by atoms with Crippen molar-refractivity contribution >= 4 is 24.0 Å². The minimum atomic E-state index is 0.172. The first-order valence-corrected chi connectivity index (χ1v) is 5.94. The van der Waals surface area contributed by atoms with Crippen molar-refractivity contribution in [2.45, 2.75) is 26.3 Å². The lowest BCUT2D eigenvalue weighted by atomic mass is 10.1. The van der Waals surface area contributed by atoms with Crippen LogP contribution in [0.5, 0.6) is 0 Å². The minimum Gasteiger partial charge on any atom is -0.303 e. The van der Waals surface area contributed by atoms with Gasteiger partial charge in [0.15, 0.2) is 0 Å². The topological polar surface area (TPSA) is 22.0 Å². The summed E-state index contributed by atoms with van der Waals surface area (Å²) < 4.78 is 1.88. The van der Waals surface area contributed by atoms with E-state index in [4.69, 9.17) is 0 Å². The van der Waals surface area contributed by atoms with E-state index in [1.807, 2.05) is 16.9 Å². The van der Waals surface area contributed by atoms with E-state index in [2.05, 4.69) is 12.6 Å². The molecule has 0 atom stereocenters. The number of thiazole rings is 1. The van der Waals surface area contributed by atoms with Crippen LogP contribution in [0.25, 0.3) is 0 Å². The smallest absolute Gasteiger partial charge is 0.303 e. The number of rotatable bonds is 3. The maximum absolute atomic E-state index is 11.4. The molecule has 2 nitrogen and oxygen atoms in total. The summed E-state index contributed by atoms with van der Waals surface area (Å²) in [7, 11) is 0. The number of hydrogen-bond acceptors (Lipinski definition) is 3. The Morgan fingerprint density at radius 1 is 1.69 bits per heavy atom. The monoisotopic (exact) mass is 215 g/mol. The van der Waals surface area contributed by atoms with Crippen LogP contribution in [0.3, 0.4) is 0 Å². The number of aryl methyl sites for hydroxylation is 1. The third-order valence-electron chi connectivity index (χ3n) is 2.76. The highest BCUT2D eigenvalue weighted by molar-refractivity contribution is 7.80. The average Bonchev–Trinajstić information content (AvgIpc) is 2.84. The van der Waals surface area contributed by atoms with Gasteiger partial charge in [0.05, 0.1) is 0 Å². The average molecular weight is 215 g/mol. The summed E-state index contributed by atoms with van der Waals surface area (Å²) >= 11 is 5.62. The van der Waals surface area contributed by atoms with Crippen LogP contribution in [-0.2, 0) is 6.54 Å². The van der Waals surface area contributed by atoms with E-state index in [9.17, 15) is 4.79 Å². The molecular formula is C9H13NOS2. The fraction of sp³-hybridized carbons (Fsp3) is 0.667. The van der Waals surface area contributed by atoms with Gasteiger partial charge in [-0.25, -0.2) is 0 Å². The van der Waals surface area contributed by atoms with Gasteiger partial charge in [-0.2, -0.15) is 12.6 Å². The molecule has 0 amide bonds. The summed E-state index contributed by atoms with van der Waals surface area (Å²) in [6.07, 6.45) is 2.44. The summed E-state index contributed by atoms with van der Waals surface area (Å²) in [5.41, 5.74) is 1.42. The molecule has 1 aromatic rings. The molecule has 1 aliphatic rings. The van der Waals surface area contributed by atoms with Crippen LogP contribution in [0.15, 0.2) is 10.2 Å². The van der Waals surface area contributed by atoms with Crippen LogP contribution in [0.2, 0.25) is 0 Å². The highest BCUT2D eigenvalue weighted by Gasteiger charge is 2.41. The highest BCUT2D eigenvalue weighted by atomic mass is 32.1. The third kappa shape index (κ3) is 1.70. The number of hydrogen-bond donors (Lipinski definition) is 1. The van der Waals surface area contributed by atoms with Crippen LogP contribution in [0.4, 0.5) is 0 Å². The standard InChI is InChI=1S/C9H13NOS2/c1-7-4-13-8(11)10(7)5-9(6-12)2-3-9/h4,12H,2-3,5-6H2,1H3. The summed E-state index contributed by atoms with van der Waals surface area (Å²) in [4.78, 5) is 11.6. The van der Waals surface area contributed by atoms with Gasteiger partial charge in [-0.05, 0) is 30.9 Å². The van der Waals surface area contributed by atoms with Gasteiger partial charge in [0.2, 0.25) is 0 Å². The lowest BCUT2D eigenvalue weighted by Crippen LogP contribution is -2.22. The largest absolute Gasteiger partial charge is 0.307 e. The van der Waals surface area contributed by atoms with Gasteiger partial charge >= 0.3 is 4.87 Å². The first-order chi connectivity index (χ1) is 6.17. The van der Waals surface area contributed by atoms with E-state index in [0.29, 0.717) is 5.41 Å². The van der Waals surface area contributed by atoms with Crippen LogP contribution in [-0.4, -0.2) is 10.3 Å². The van der Waals surface area contributed by atoms with E-state index in [-0.39, 0.29) is 4.87 Å². The van der Waals surface area contributed by atoms with Crippen molar-refractivity contribution in [1.29, 1.82) is 0 Å². The second kappa shape index (κ2) is 3.17. The number of thiol groups is 1. The fourth-order valence-corrected chi connectivity index (χ4v) is 2.63. The normalized spacial score (nSPS) is 18.9. The van der Waals surface area contributed by atoms with Gasteiger partial charge in [0.25, 0.3) is 0 Å². The zero-order valence-electron chi connectivity index (χ0n) is 7.62. The van der Waals surface area contributed by atoms with Crippen LogP contribution >= 0.6 is 24.0 Å². The van der Waals surface area contributed by atoms with E-state index in [1.54, 1.807) is 0 Å². The molecule has 1 aliphatic carbocycles. The van der Waals surface area contributed by atoms with Gasteiger partial charge in [0, 0.05) is 17.6 Å². The molecule has 0 unspecified atom stereocenters. The highest BCUT2D eigenvalue weighted by Crippen LogP contribution is 2.47. The Hall–Kier alpha value is -0.220. The molecule has 2 rings (SSSR count). The molecule has 0 aliphatic heterocycles. The molecule has 0 spiro atoms. The summed E-state index contributed by atoms with van der Waals surface area (Å²) in [6, 6.07) is 0. The van der Waals surface area contributed by atoms with Crippen molar-refractivity contribution in [3.05, 3.63) is 20.7 Å². The molecule has 72 valence electrons. The van der Waals surface area contributed by atoms with Crippen molar-refractivity contribution in [2.24, 2.45) is 5.41 Å². The Kier molecular flexibility index (Phi) is 2.28. The molecule has 1 aromatic heterocycles. The Morgan fingerprint density at radius 2 is 2.38 bits per heavy atom. The zero-order valence-corrected chi connectivity index (χ0v) is 9.33. The fourth-order valence-electron chi connectivity index (χ4n) is 1.47. The van der Waals surface area contributed by atoms with Crippen molar-refractivity contribution < 1.29 is 0 Å². The van der Waals surface area contributed by atoms with E-state index in [1.165, 1.54) is 24.2 Å². The molecule has 4 heteroatoms. The predicted molar refractivity (Wildman–Crippen MR) is 58.8 cm³/mol. The Morgan fingerprint density at radius 3 is 2.77 bits per heavy atom. The van der Waals surface area contributed by atoms with Gasteiger partial charge in [0.1, 0.15) is 0 Å². The van der Waals surface area contributed by atoms with Crippen molar-refractivity contribution in [1.82, 2.24) is 4.57 Å². The molecule has 1 fully saturated rings. The summed E-state index contributed by atoms with van der Waals surface area (Å²) in [5, 5.41) is 1.93. The van der Waals surface area contributed by atoms with Crippen LogP contribution in [0, 0.1) is 12.3 Å². The van der Waals surface area contributed by atoms with Gasteiger partial charge < -0.3 is 4.57 Å². The minimum absolute atomic E-state index is 0.172. The van der Waals surface area contributed by atoms with Gasteiger partial charge in [-0.3, -0.25) is 4.79 Å². The Bertz CT molecular complexity index is 362. The molecule has 0 N–H and O–H groups in total. The van der Waals surface area contributed by atoms with E-state index < -0.39 is 0 Å². The molecule has 1 heterocycles. The zero-order chi connectivity index (χ0) is 9.47. The third-order valence-corrected chi connectivity index (χ3v) is 4.31. The van der Waals surface area contributed by atoms with Crippen LogP contribution < -0.4 is 4.87 Å². The van der Waals surface area contributed by atoms with Gasteiger partial charge in [-0.15, -0.1) is 0 Å². The SMILES string of the molecule is Cc1csc(=O)n1CC1(CS)CC1. The molecule has 0 saturated heterocycles. The Labute approximate surface area is 87.0 Å². The molecule has 0 bridgehead atoms. The summed E-state index contributed by atoms with van der Waals surface area (Å²) in [5.74, 6) is 0.898. The number of aromatic nitrogens is 1. The van der Waals surface area contributed by atoms with Gasteiger partial charge in [-0.1, -0.05) is 11.3 Å². The molecule has 13 heavy (non-hydrogen) atoms. The predicted octanol–water partition coefficient (Wildman–Crippen LogP) is 1.93. The molecule has 1 saturated carbocycles. The first-order valence-electron chi connectivity index (χ1n) is 4.43. The number of nitrogens with zero attached hydrogens (tertiary/aromatic N) is 1. The summed E-state index contributed by atoms with van der Waals surface area (Å²) in [6.45, 7) is 2.86. The van der Waals surface area contributed by atoms with Crippen molar-refractivity contribution in [2.75, 3.05) is 5.75 Å². The first kappa shape index (κ1) is 9.34. The molecular weight excluding hydrogens is 202 g/mol. The molecule has 0 aromatic carbocycles. The quantitative estimate of drug-likeness (QED) is 0.765. The Balaban J connectivity index is 2.22. The lowest BCUT2D eigenvalue weighted by molar-refractivity contribution is 0.463. The molecule has 0 radical (unpaired) electrons. The van der Waals surface area contributed by atoms with Crippen molar-refractivity contribution in [3.63, 3.8) is 0 Å². The lowest BCUT2D eigenvalue weighted by Gasteiger charge is -2.12. The van der Waals surface area contributed by atoms with Crippen LogP contribution in [0.1, 0.15) is 18.5 Å². The maximum atomic E-state index is 11.4. The van der Waals surface area contributed by atoms with Crippen molar-refractivity contribution in [3.8, 4) is 0 Å². The second-order valence-corrected chi connectivity index (χ2v) is 5.02. The second-order valence-electron chi connectivity index (χ2n) is 3.89.